The van der Waals surface area contributed by atoms with Gasteiger partial charge in [-0.1, -0.05) is 0 Å². The molecule has 1 atom stereocenters. The molecule has 1 aromatic heterocycles. The van der Waals surface area contributed by atoms with Crippen molar-refractivity contribution < 1.29 is 18.0 Å². The lowest BCUT2D eigenvalue weighted by molar-refractivity contribution is -0.137. The molecule has 1 unspecified atom stereocenters. The number of alkyl halides is 3. The van der Waals surface area contributed by atoms with Crippen LogP contribution in [0.4, 0.5) is 19.0 Å². The number of carbonyl (C=O) groups is 1. The van der Waals surface area contributed by atoms with E-state index in [-0.39, 0.29) is 11.9 Å². The smallest absolute Gasteiger partial charge is 0.355 e. The minimum Gasteiger partial charge on any atom is -0.355 e. The molecule has 126 valence electrons. The Morgan fingerprint density at radius 3 is 2.70 bits per heavy atom. The number of pyridine rings is 1. The third-order valence-corrected chi connectivity index (χ3v) is 4.40. The van der Waals surface area contributed by atoms with E-state index in [0.29, 0.717) is 31.7 Å². The van der Waals surface area contributed by atoms with Crippen LogP contribution in [0, 0.1) is 0 Å². The second-order valence-electron chi connectivity index (χ2n) is 6.32. The van der Waals surface area contributed by atoms with Crippen molar-refractivity contribution in [3.8, 4) is 0 Å². The fraction of sp³-hybridized carbons (Fsp3) is 0.600. The molecular formula is C15H19F3N4O. The molecule has 2 heterocycles. The molecule has 1 amide bonds. The predicted molar refractivity (Wildman–Crippen MR) is 78.8 cm³/mol. The van der Waals surface area contributed by atoms with E-state index in [2.05, 4.69) is 10.3 Å². The highest BCUT2D eigenvalue weighted by Gasteiger charge is 2.46. The van der Waals surface area contributed by atoms with E-state index < -0.39 is 17.3 Å². The Bertz CT molecular complexity index is 583. The number of halogens is 3. The zero-order valence-corrected chi connectivity index (χ0v) is 12.6. The van der Waals surface area contributed by atoms with Crippen LogP contribution in [0.3, 0.4) is 0 Å². The number of amides is 1. The summed E-state index contributed by atoms with van der Waals surface area (Å²) in [5, 5.41) is 2.94. The Hall–Kier alpha value is -1.83. The molecule has 1 aliphatic carbocycles. The summed E-state index contributed by atoms with van der Waals surface area (Å²) in [4.78, 5) is 17.8. The molecule has 0 radical (unpaired) electrons. The molecule has 2 fully saturated rings. The average molecular weight is 328 g/mol. The van der Waals surface area contributed by atoms with Crippen molar-refractivity contribution in [2.24, 2.45) is 5.73 Å². The molecule has 8 heteroatoms. The maximum absolute atomic E-state index is 12.6. The van der Waals surface area contributed by atoms with Crippen LogP contribution in [0.5, 0.6) is 0 Å². The first-order chi connectivity index (χ1) is 10.8. The second kappa shape index (κ2) is 5.67. The molecule has 0 bridgehead atoms. The van der Waals surface area contributed by atoms with Gasteiger partial charge in [0.25, 0.3) is 0 Å². The first-order valence-corrected chi connectivity index (χ1v) is 7.66. The predicted octanol–water partition coefficient (Wildman–Crippen LogP) is 1.68. The summed E-state index contributed by atoms with van der Waals surface area (Å²) < 4.78 is 37.7. The minimum absolute atomic E-state index is 0.0543. The topological polar surface area (TPSA) is 71.2 Å². The minimum atomic E-state index is -4.39. The molecule has 3 N–H and O–H groups in total. The Morgan fingerprint density at radius 1 is 1.39 bits per heavy atom. The van der Waals surface area contributed by atoms with Crippen molar-refractivity contribution in [3.05, 3.63) is 23.9 Å². The van der Waals surface area contributed by atoms with Crippen LogP contribution in [0.15, 0.2) is 18.3 Å². The fourth-order valence-corrected chi connectivity index (χ4v) is 2.73. The quantitative estimate of drug-likeness (QED) is 0.885. The van der Waals surface area contributed by atoms with E-state index in [4.69, 9.17) is 5.73 Å². The fourth-order valence-electron chi connectivity index (χ4n) is 2.73. The highest BCUT2D eigenvalue weighted by atomic mass is 19.4. The molecule has 5 nitrogen and oxygen atoms in total. The summed E-state index contributed by atoms with van der Waals surface area (Å²) in [6.07, 6.45) is -0.462. The van der Waals surface area contributed by atoms with Crippen LogP contribution in [0.2, 0.25) is 0 Å². The van der Waals surface area contributed by atoms with Gasteiger partial charge in [0.05, 0.1) is 11.1 Å². The highest BCUT2D eigenvalue weighted by molar-refractivity contribution is 5.89. The number of anilines is 1. The first-order valence-electron chi connectivity index (χ1n) is 7.66. The number of piperidine rings is 1. The maximum Gasteiger partial charge on any atom is 0.417 e. The van der Waals surface area contributed by atoms with Crippen molar-refractivity contribution in [1.82, 2.24) is 10.3 Å². The van der Waals surface area contributed by atoms with Crippen LogP contribution < -0.4 is 16.0 Å². The number of carbonyl (C=O) groups excluding carboxylic acids is 1. The van der Waals surface area contributed by atoms with Crippen LogP contribution in [-0.4, -0.2) is 35.6 Å². The summed E-state index contributed by atoms with van der Waals surface area (Å²) in [7, 11) is 0. The van der Waals surface area contributed by atoms with E-state index in [1.807, 2.05) is 4.90 Å². The number of rotatable bonds is 3. The first kappa shape index (κ1) is 16.0. The summed E-state index contributed by atoms with van der Waals surface area (Å²) in [5.41, 5.74) is 4.39. The molecule has 1 saturated carbocycles. The summed E-state index contributed by atoms with van der Waals surface area (Å²) >= 11 is 0. The summed E-state index contributed by atoms with van der Waals surface area (Å²) in [5.74, 6) is 0.357. The van der Waals surface area contributed by atoms with Crippen LogP contribution in [-0.2, 0) is 11.0 Å². The van der Waals surface area contributed by atoms with E-state index >= 15 is 0 Å². The molecule has 0 spiro atoms. The second-order valence-corrected chi connectivity index (χ2v) is 6.32. The van der Waals surface area contributed by atoms with Crippen molar-refractivity contribution in [2.45, 2.75) is 43.4 Å². The molecule has 0 aromatic carbocycles. The van der Waals surface area contributed by atoms with Gasteiger partial charge in [-0.25, -0.2) is 4.98 Å². The molecule has 1 saturated heterocycles. The zero-order valence-electron chi connectivity index (χ0n) is 12.6. The number of hydrogen-bond acceptors (Lipinski definition) is 4. The normalized spacial score (nSPS) is 23.5. The lowest BCUT2D eigenvalue weighted by Gasteiger charge is -2.34. The van der Waals surface area contributed by atoms with Crippen LogP contribution >= 0.6 is 0 Å². The van der Waals surface area contributed by atoms with Crippen molar-refractivity contribution in [2.75, 3.05) is 18.0 Å². The van der Waals surface area contributed by atoms with Gasteiger partial charge in [-0.15, -0.1) is 0 Å². The largest absolute Gasteiger partial charge is 0.417 e. The number of aromatic nitrogens is 1. The van der Waals surface area contributed by atoms with Gasteiger partial charge in [0.1, 0.15) is 5.82 Å². The van der Waals surface area contributed by atoms with Gasteiger partial charge in [-0.05, 0) is 37.8 Å². The zero-order chi connectivity index (χ0) is 16.7. The lowest BCUT2D eigenvalue weighted by atomic mass is 10.0. The average Bonchev–Trinajstić information content (AvgIpc) is 3.26. The number of nitrogens with one attached hydrogen (secondary N) is 1. The molecule has 1 aromatic rings. The van der Waals surface area contributed by atoms with Crippen LogP contribution in [0.25, 0.3) is 0 Å². The standard InChI is InChI=1S/C15H19F3N4O/c16-15(17,18)10-3-4-12(20-8-10)22-7-1-2-11(9-22)21-13(23)14(19)5-6-14/h3-4,8,11H,1-2,5-7,9,19H2,(H,21,23). The SMILES string of the molecule is NC1(C(=O)NC2CCCN(c3ccc(C(F)(F)F)cn3)C2)CC1. The summed E-state index contributed by atoms with van der Waals surface area (Å²) in [6, 6.07) is 2.35. The number of hydrogen-bond donors (Lipinski definition) is 2. The Balaban J connectivity index is 1.63. The monoisotopic (exact) mass is 328 g/mol. The molecule has 3 rings (SSSR count). The van der Waals surface area contributed by atoms with Gasteiger partial charge in [-0.2, -0.15) is 13.2 Å². The Morgan fingerprint density at radius 2 is 2.13 bits per heavy atom. The van der Waals surface area contributed by atoms with Gasteiger partial charge in [0.15, 0.2) is 0 Å². The summed E-state index contributed by atoms with van der Waals surface area (Å²) in [6.45, 7) is 1.23. The van der Waals surface area contributed by atoms with Gasteiger partial charge in [-0.3, -0.25) is 4.79 Å². The molecule has 1 aliphatic heterocycles. The van der Waals surface area contributed by atoms with Gasteiger partial charge >= 0.3 is 6.18 Å². The van der Waals surface area contributed by atoms with Gasteiger partial charge in [0.2, 0.25) is 5.91 Å². The number of nitrogens with two attached hydrogens (primary N) is 1. The van der Waals surface area contributed by atoms with E-state index in [9.17, 15) is 18.0 Å². The molecule has 23 heavy (non-hydrogen) atoms. The number of nitrogens with zero attached hydrogens (tertiary/aromatic N) is 2. The van der Waals surface area contributed by atoms with Crippen molar-refractivity contribution >= 4 is 11.7 Å². The maximum atomic E-state index is 12.6. The highest BCUT2D eigenvalue weighted by Crippen LogP contribution is 2.33. The molecular weight excluding hydrogens is 309 g/mol. The van der Waals surface area contributed by atoms with Gasteiger partial charge in [0, 0.05) is 25.3 Å². The van der Waals surface area contributed by atoms with Crippen molar-refractivity contribution in [3.63, 3.8) is 0 Å². The van der Waals surface area contributed by atoms with Gasteiger partial charge < -0.3 is 16.0 Å². The Labute approximate surface area is 132 Å². The van der Waals surface area contributed by atoms with E-state index in [1.165, 1.54) is 6.07 Å². The molecule has 2 aliphatic rings. The Kier molecular flexibility index (Phi) is 3.95. The van der Waals surface area contributed by atoms with E-state index in [1.54, 1.807) is 0 Å². The third kappa shape index (κ3) is 3.57. The van der Waals surface area contributed by atoms with Crippen molar-refractivity contribution in [1.29, 1.82) is 0 Å². The van der Waals surface area contributed by atoms with Crippen LogP contribution in [0.1, 0.15) is 31.2 Å². The van der Waals surface area contributed by atoms with E-state index in [0.717, 1.165) is 25.1 Å². The third-order valence-electron chi connectivity index (χ3n) is 4.40. The lowest BCUT2D eigenvalue weighted by Crippen LogP contribution is -2.53.